The van der Waals surface area contributed by atoms with Gasteiger partial charge in [0.05, 0.1) is 6.54 Å². The van der Waals surface area contributed by atoms with Crippen LogP contribution in [0.4, 0.5) is 10.5 Å². The number of carbonyl (C=O) groups excluding carboxylic acids is 1. The summed E-state index contributed by atoms with van der Waals surface area (Å²) in [7, 11) is 1.73. The lowest BCUT2D eigenvalue weighted by atomic mass is 10.2. The zero-order valence-corrected chi connectivity index (χ0v) is 17.2. The van der Waals surface area contributed by atoms with E-state index in [-0.39, 0.29) is 11.9 Å². The standard InChI is InChI=1S/C22H26N4O3/c1-15(2)20-24-21(29-25-20)17-9-11-18(12-10-17)23-22(27)26(4)13-14-28-19-8-6-5-7-16(19)3/h5-12,15H,13-14H2,1-4H3,(H,23,27). The quantitative estimate of drug-likeness (QED) is 0.628. The van der Waals surface area contributed by atoms with Crippen LogP contribution in [0, 0.1) is 6.92 Å². The number of nitrogens with zero attached hydrogens (tertiary/aromatic N) is 3. The summed E-state index contributed by atoms with van der Waals surface area (Å²) in [6.45, 7) is 6.90. The zero-order chi connectivity index (χ0) is 20.8. The predicted molar refractivity (Wildman–Crippen MR) is 112 cm³/mol. The van der Waals surface area contributed by atoms with E-state index in [4.69, 9.17) is 9.26 Å². The number of para-hydroxylation sites is 1. The minimum Gasteiger partial charge on any atom is -0.491 e. The highest BCUT2D eigenvalue weighted by molar-refractivity contribution is 5.89. The second kappa shape index (κ2) is 9.23. The number of likely N-dealkylation sites (N-methyl/N-ethyl adjacent to an activating group) is 1. The number of benzene rings is 2. The lowest BCUT2D eigenvalue weighted by molar-refractivity contribution is 0.207. The summed E-state index contributed by atoms with van der Waals surface area (Å²) in [5, 5.41) is 6.84. The molecule has 0 spiro atoms. The number of urea groups is 1. The third-order valence-corrected chi connectivity index (χ3v) is 4.47. The summed E-state index contributed by atoms with van der Waals surface area (Å²) >= 11 is 0. The summed E-state index contributed by atoms with van der Waals surface area (Å²) < 4.78 is 11.0. The van der Waals surface area contributed by atoms with Crippen molar-refractivity contribution in [3.05, 3.63) is 59.9 Å². The Kier molecular flexibility index (Phi) is 6.49. The second-order valence-electron chi connectivity index (χ2n) is 7.16. The van der Waals surface area contributed by atoms with Gasteiger partial charge in [-0.1, -0.05) is 37.2 Å². The van der Waals surface area contributed by atoms with Crippen molar-refractivity contribution in [2.75, 3.05) is 25.5 Å². The highest BCUT2D eigenvalue weighted by Gasteiger charge is 2.13. The van der Waals surface area contributed by atoms with Crippen LogP contribution in [0.1, 0.15) is 31.2 Å². The third kappa shape index (κ3) is 5.34. The smallest absolute Gasteiger partial charge is 0.321 e. The number of anilines is 1. The highest BCUT2D eigenvalue weighted by atomic mass is 16.5. The SMILES string of the molecule is Cc1ccccc1OCCN(C)C(=O)Nc1ccc(-c2nc(C(C)C)no2)cc1. The fourth-order valence-electron chi connectivity index (χ4n) is 2.61. The van der Waals surface area contributed by atoms with Gasteiger partial charge in [-0.2, -0.15) is 4.98 Å². The fourth-order valence-corrected chi connectivity index (χ4v) is 2.61. The van der Waals surface area contributed by atoms with E-state index in [0.717, 1.165) is 16.9 Å². The molecule has 1 N–H and O–H groups in total. The molecule has 0 unspecified atom stereocenters. The van der Waals surface area contributed by atoms with Gasteiger partial charge in [-0.25, -0.2) is 4.79 Å². The number of nitrogens with one attached hydrogen (secondary N) is 1. The van der Waals surface area contributed by atoms with Crippen LogP contribution >= 0.6 is 0 Å². The highest BCUT2D eigenvalue weighted by Crippen LogP contribution is 2.22. The first-order valence-electron chi connectivity index (χ1n) is 9.58. The van der Waals surface area contributed by atoms with Gasteiger partial charge in [-0.05, 0) is 42.8 Å². The van der Waals surface area contributed by atoms with E-state index in [0.29, 0.717) is 30.6 Å². The molecular formula is C22H26N4O3. The van der Waals surface area contributed by atoms with E-state index in [1.807, 2.05) is 69.3 Å². The summed E-state index contributed by atoms with van der Waals surface area (Å²) in [6, 6.07) is 14.9. The predicted octanol–water partition coefficient (Wildman–Crippen LogP) is 4.71. The van der Waals surface area contributed by atoms with Gasteiger partial charge in [-0.15, -0.1) is 0 Å². The van der Waals surface area contributed by atoms with Gasteiger partial charge in [0.2, 0.25) is 0 Å². The van der Waals surface area contributed by atoms with E-state index >= 15 is 0 Å². The molecule has 0 saturated carbocycles. The molecule has 7 nitrogen and oxygen atoms in total. The number of aromatic nitrogens is 2. The second-order valence-corrected chi connectivity index (χ2v) is 7.16. The lowest BCUT2D eigenvalue weighted by Gasteiger charge is -2.18. The molecule has 1 heterocycles. The van der Waals surface area contributed by atoms with Crippen LogP contribution in [-0.2, 0) is 0 Å². The maximum atomic E-state index is 12.4. The first-order chi connectivity index (χ1) is 13.9. The lowest BCUT2D eigenvalue weighted by Crippen LogP contribution is -2.34. The Bertz CT molecular complexity index is 951. The largest absolute Gasteiger partial charge is 0.491 e. The molecular weight excluding hydrogens is 368 g/mol. The summed E-state index contributed by atoms with van der Waals surface area (Å²) in [4.78, 5) is 18.3. The summed E-state index contributed by atoms with van der Waals surface area (Å²) in [5.41, 5.74) is 2.57. The number of rotatable bonds is 7. The monoisotopic (exact) mass is 394 g/mol. The molecule has 0 aliphatic rings. The molecule has 2 amide bonds. The summed E-state index contributed by atoms with van der Waals surface area (Å²) in [5.74, 6) is 2.18. The van der Waals surface area contributed by atoms with Gasteiger partial charge in [0.15, 0.2) is 5.82 Å². The molecule has 3 aromatic rings. The Hall–Kier alpha value is -3.35. The van der Waals surface area contributed by atoms with E-state index in [1.165, 1.54) is 0 Å². The van der Waals surface area contributed by atoms with Crippen LogP contribution in [-0.4, -0.2) is 41.3 Å². The Morgan fingerprint density at radius 2 is 1.90 bits per heavy atom. The first kappa shape index (κ1) is 20.4. The van der Waals surface area contributed by atoms with Gasteiger partial charge in [-0.3, -0.25) is 0 Å². The Morgan fingerprint density at radius 3 is 2.55 bits per heavy atom. The third-order valence-electron chi connectivity index (χ3n) is 4.47. The van der Waals surface area contributed by atoms with Crippen LogP contribution in [0.15, 0.2) is 53.1 Å². The van der Waals surface area contributed by atoms with Crippen molar-refractivity contribution in [3.8, 4) is 17.2 Å². The molecule has 0 aliphatic carbocycles. The average molecular weight is 394 g/mol. The minimum absolute atomic E-state index is 0.203. The van der Waals surface area contributed by atoms with Crippen LogP contribution in [0.5, 0.6) is 5.75 Å². The molecule has 29 heavy (non-hydrogen) atoms. The number of aryl methyl sites for hydroxylation is 1. The van der Waals surface area contributed by atoms with Gasteiger partial charge in [0.1, 0.15) is 12.4 Å². The topological polar surface area (TPSA) is 80.5 Å². The number of ether oxygens (including phenoxy) is 1. The Morgan fingerprint density at radius 1 is 1.17 bits per heavy atom. The van der Waals surface area contributed by atoms with E-state index in [2.05, 4.69) is 15.5 Å². The van der Waals surface area contributed by atoms with Gasteiger partial charge >= 0.3 is 6.03 Å². The Balaban J connectivity index is 1.51. The molecule has 1 aromatic heterocycles. The van der Waals surface area contributed by atoms with Crippen molar-refractivity contribution >= 4 is 11.7 Å². The number of hydrogen-bond acceptors (Lipinski definition) is 5. The van der Waals surface area contributed by atoms with Crippen molar-refractivity contribution < 1.29 is 14.1 Å². The van der Waals surface area contributed by atoms with E-state index < -0.39 is 0 Å². The molecule has 0 atom stereocenters. The molecule has 0 aliphatic heterocycles. The van der Waals surface area contributed by atoms with Crippen LogP contribution in [0.25, 0.3) is 11.5 Å². The average Bonchev–Trinajstić information content (AvgIpc) is 3.20. The fraction of sp³-hybridized carbons (Fsp3) is 0.318. The van der Waals surface area contributed by atoms with Crippen molar-refractivity contribution in [2.45, 2.75) is 26.7 Å². The summed E-state index contributed by atoms with van der Waals surface area (Å²) in [6.07, 6.45) is 0. The van der Waals surface area contributed by atoms with Crippen molar-refractivity contribution in [1.82, 2.24) is 15.0 Å². The van der Waals surface area contributed by atoms with Gasteiger partial charge in [0.25, 0.3) is 5.89 Å². The molecule has 0 fully saturated rings. The molecule has 0 radical (unpaired) electrons. The van der Waals surface area contributed by atoms with E-state index in [9.17, 15) is 4.79 Å². The zero-order valence-electron chi connectivity index (χ0n) is 17.2. The molecule has 2 aromatic carbocycles. The van der Waals surface area contributed by atoms with Crippen LogP contribution in [0.2, 0.25) is 0 Å². The molecule has 152 valence electrons. The van der Waals surface area contributed by atoms with Crippen molar-refractivity contribution in [1.29, 1.82) is 0 Å². The number of amides is 2. The molecule has 0 bridgehead atoms. The molecule has 0 saturated heterocycles. The van der Waals surface area contributed by atoms with Crippen molar-refractivity contribution in [3.63, 3.8) is 0 Å². The first-order valence-corrected chi connectivity index (χ1v) is 9.58. The normalized spacial score (nSPS) is 10.8. The van der Waals surface area contributed by atoms with E-state index in [1.54, 1.807) is 11.9 Å². The van der Waals surface area contributed by atoms with Crippen molar-refractivity contribution in [2.24, 2.45) is 0 Å². The van der Waals surface area contributed by atoms with Crippen LogP contribution < -0.4 is 10.1 Å². The maximum absolute atomic E-state index is 12.4. The Labute approximate surface area is 170 Å². The molecule has 7 heteroatoms. The van der Waals surface area contributed by atoms with Crippen LogP contribution in [0.3, 0.4) is 0 Å². The number of carbonyl (C=O) groups is 1. The van der Waals surface area contributed by atoms with Gasteiger partial charge in [0, 0.05) is 24.2 Å². The molecule has 3 rings (SSSR count). The maximum Gasteiger partial charge on any atom is 0.321 e. The number of hydrogen-bond donors (Lipinski definition) is 1. The van der Waals surface area contributed by atoms with Gasteiger partial charge < -0.3 is 19.5 Å². The minimum atomic E-state index is -0.203.